The van der Waals surface area contributed by atoms with Gasteiger partial charge in [0.05, 0.1) is 24.2 Å². The molecule has 2 aromatic heterocycles. The maximum absolute atomic E-state index is 14.6. The number of amides is 1. The summed E-state index contributed by atoms with van der Waals surface area (Å²) in [6.07, 6.45) is 1.54. The molecule has 0 spiro atoms. The van der Waals surface area contributed by atoms with Crippen molar-refractivity contribution in [3.63, 3.8) is 0 Å². The first kappa shape index (κ1) is 24.6. The third-order valence-electron chi connectivity index (χ3n) is 5.82. The third-order valence-corrected chi connectivity index (χ3v) is 5.82. The number of pyridine rings is 1. The number of ether oxygens (including phenoxy) is 1. The van der Waals surface area contributed by atoms with Crippen molar-refractivity contribution in [1.82, 2.24) is 30.1 Å². The number of rotatable bonds is 9. The molecule has 0 atom stereocenters. The Morgan fingerprint density at radius 3 is 2.54 bits per heavy atom. The Morgan fingerprint density at radius 1 is 1.06 bits per heavy atom. The minimum absolute atomic E-state index is 0.0152. The zero-order valence-corrected chi connectivity index (χ0v) is 19.6. The van der Waals surface area contributed by atoms with Crippen molar-refractivity contribution in [2.24, 2.45) is 0 Å². The minimum Gasteiger partial charge on any atom is -0.462 e. The molecular formula is C25H28F2N6O2. The Labute approximate surface area is 203 Å². The SMILES string of the molecule is CN1CCN(CCOc2ncc(-c3ccc(CC(=O)NCc4cccc(F)n4)cc3)c(F)n2)CC1. The lowest BCUT2D eigenvalue weighted by molar-refractivity contribution is -0.120. The molecule has 0 radical (unpaired) electrons. The van der Waals surface area contributed by atoms with E-state index < -0.39 is 11.9 Å². The number of hydrogen-bond donors (Lipinski definition) is 1. The second-order valence-electron chi connectivity index (χ2n) is 8.45. The van der Waals surface area contributed by atoms with Crippen LogP contribution in [-0.4, -0.2) is 77.0 Å². The van der Waals surface area contributed by atoms with E-state index in [0.717, 1.165) is 38.3 Å². The van der Waals surface area contributed by atoms with E-state index in [1.807, 2.05) is 0 Å². The highest BCUT2D eigenvalue weighted by Gasteiger charge is 2.15. The van der Waals surface area contributed by atoms with Gasteiger partial charge in [-0.25, -0.2) is 9.97 Å². The average molecular weight is 483 g/mol. The molecule has 35 heavy (non-hydrogen) atoms. The number of carbonyl (C=O) groups excluding carboxylic acids is 1. The van der Waals surface area contributed by atoms with E-state index in [0.29, 0.717) is 17.9 Å². The summed E-state index contributed by atoms with van der Waals surface area (Å²) in [5, 5.41) is 2.71. The lowest BCUT2D eigenvalue weighted by Crippen LogP contribution is -2.45. The second-order valence-corrected chi connectivity index (χ2v) is 8.45. The van der Waals surface area contributed by atoms with Gasteiger partial charge in [0.1, 0.15) is 6.61 Å². The zero-order valence-electron chi connectivity index (χ0n) is 19.6. The van der Waals surface area contributed by atoms with E-state index in [1.165, 1.54) is 12.3 Å². The standard InChI is InChI=1S/C25H28F2N6O2/c1-32-9-11-33(12-10-32)13-14-35-25-29-17-21(24(27)31-25)19-7-5-18(6-8-19)15-23(34)28-16-20-3-2-4-22(26)30-20/h2-8,17H,9-16H2,1H3,(H,28,34). The zero-order chi connectivity index (χ0) is 24.6. The predicted octanol–water partition coefficient (Wildman–Crippen LogP) is 2.30. The number of carbonyl (C=O) groups is 1. The Morgan fingerprint density at radius 2 is 1.83 bits per heavy atom. The van der Waals surface area contributed by atoms with Crippen molar-refractivity contribution in [1.29, 1.82) is 0 Å². The normalized spacial score (nSPS) is 14.6. The number of benzene rings is 1. The van der Waals surface area contributed by atoms with E-state index in [2.05, 4.69) is 37.1 Å². The van der Waals surface area contributed by atoms with Crippen molar-refractivity contribution >= 4 is 5.91 Å². The van der Waals surface area contributed by atoms with Gasteiger partial charge in [-0.3, -0.25) is 9.69 Å². The Balaban J connectivity index is 1.26. The number of hydrogen-bond acceptors (Lipinski definition) is 7. The monoisotopic (exact) mass is 482 g/mol. The molecule has 0 saturated carbocycles. The second kappa shape index (κ2) is 11.8. The maximum atomic E-state index is 14.6. The van der Waals surface area contributed by atoms with Crippen LogP contribution in [0.15, 0.2) is 48.7 Å². The van der Waals surface area contributed by atoms with Gasteiger partial charge in [0.15, 0.2) is 0 Å². The molecule has 8 nitrogen and oxygen atoms in total. The molecule has 1 aromatic carbocycles. The average Bonchev–Trinajstić information content (AvgIpc) is 2.85. The summed E-state index contributed by atoms with van der Waals surface area (Å²) in [6.45, 7) is 5.29. The van der Waals surface area contributed by atoms with Crippen molar-refractivity contribution in [3.05, 3.63) is 71.8 Å². The predicted molar refractivity (Wildman–Crippen MR) is 127 cm³/mol. The van der Waals surface area contributed by atoms with Crippen LogP contribution in [0.4, 0.5) is 8.78 Å². The van der Waals surface area contributed by atoms with Crippen LogP contribution < -0.4 is 10.1 Å². The number of aromatic nitrogens is 3. The first-order chi connectivity index (χ1) is 17.0. The van der Waals surface area contributed by atoms with E-state index >= 15 is 0 Å². The van der Waals surface area contributed by atoms with Gasteiger partial charge in [-0.1, -0.05) is 30.3 Å². The molecule has 3 aromatic rings. The van der Waals surface area contributed by atoms with Gasteiger partial charge in [0, 0.05) is 38.9 Å². The van der Waals surface area contributed by atoms with Crippen LogP contribution in [0.25, 0.3) is 11.1 Å². The maximum Gasteiger partial charge on any atom is 0.319 e. The first-order valence-corrected chi connectivity index (χ1v) is 11.5. The van der Waals surface area contributed by atoms with Crippen molar-refractivity contribution in [2.75, 3.05) is 46.4 Å². The van der Waals surface area contributed by atoms with E-state index in [9.17, 15) is 13.6 Å². The number of likely N-dealkylation sites (N-methyl/N-ethyl adjacent to an activating group) is 1. The summed E-state index contributed by atoms with van der Waals surface area (Å²) in [4.78, 5) is 28.5. The summed E-state index contributed by atoms with van der Waals surface area (Å²) >= 11 is 0. The van der Waals surface area contributed by atoms with E-state index in [4.69, 9.17) is 4.74 Å². The Bertz CT molecular complexity index is 1140. The number of halogens is 2. The number of nitrogens with one attached hydrogen (secondary N) is 1. The van der Waals surface area contributed by atoms with Crippen LogP contribution in [-0.2, 0) is 17.8 Å². The van der Waals surface area contributed by atoms with Gasteiger partial charge in [-0.2, -0.15) is 13.8 Å². The fourth-order valence-electron chi connectivity index (χ4n) is 3.73. The fourth-order valence-corrected chi connectivity index (χ4v) is 3.73. The van der Waals surface area contributed by atoms with Crippen molar-refractivity contribution < 1.29 is 18.3 Å². The highest BCUT2D eigenvalue weighted by molar-refractivity contribution is 5.78. The van der Waals surface area contributed by atoms with Crippen LogP contribution in [0.2, 0.25) is 0 Å². The van der Waals surface area contributed by atoms with Gasteiger partial charge in [0.25, 0.3) is 0 Å². The van der Waals surface area contributed by atoms with Crippen molar-refractivity contribution in [2.45, 2.75) is 13.0 Å². The molecule has 0 unspecified atom stereocenters. The van der Waals surface area contributed by atoms with Crippen LogP contribution in [0.1, 0.15) is 11.3 Å². The molecule has 184 valence electrons. The molecule has 4 rings (SSSR count). The summed E-state index contributed by atoms with van der Waals surface area (Å²) in [7, 11) is 2.10. The molecule has 1 aliphatic rings. The summed E-state index contributed by atoms with van der Waals surface area (Å²) in [5.74, 6) is -1.48. The third kappa shape index (κ3) is 7.24. The van der Waals surface area contributed by atoms with Crippen LogP contribution >= 0.6 is 0 Å². The first-order valence-electron chi connectivity index (χ1n) is 11.5. The lowest BCUT2D eigenvalue weighted by Gasteiger charge is -2.31. The molecule has 1 N–H and O–H groups in total. The number of piperazine rings is 1. The van der Waals surface area contributed by atoms with Gasteiger partial charge >= 0.3 is 6.01 Å². The van der Waals surface area contributed by atoms with Crippen LogP contribution in [0.5, 0.6) is 6.01 Å². The van der Waals surface area contributed by atoms with Gasteiger partial charge in [-0.05, 0) is 30.3 Å². The Hall–Kier alpha value is -3.50. The highest BCUT2D eigenvalue weighted by Crippen LogP contribution is 2.23. The largest absolute Gasteiger partial charge is 0.462 e. The summed E-state index contributed by atoms with van der Waals surface area (Å²) in [5.41, 5.74) is 2.05. The van der Waals surface area contributed by atoms with Gasteiger partial charge in [0.2, 0.25) is 17.8 Å². The summed E-state index contributed by atoms with van der Waals surface area (Å²) < 4.78 is 33.3. The topological polar surface area (TPSA) is 83.5 Å². The molecule has 0 aliphatic carbocycles. The van der Waals surface area contributed by atoms with Crippen molar-refractivity contribution in [3.8, 4) is 17.1 Å². The van der Waals surface area contributed by atoms with Gasteiger partial charge in [-0.15, -0.1) is 0 Å². The minimum atomic E-state index is -0.664. The molecule has 0 bridgehead atoms. The molecule has 1 fully saturated rings. The molecular weight excluding hydrogens is 454 g/mol. The lowest BCUT2D eigenvalue weighted by atomic mass is 10.0. The molecule has 3 heterocycles. The van der Waals surface area contributed by atoms with Crippen LogP contribution in [0, 0.1) is 11.9 Å². The van der Waals surface area contributed by atoms with Crippen LogP contribution in [0.3, 0.4) is 0 Å². The highest BCUT2D eigenvalue weighted by atomic mass is 19.1. The van der Waals surface area contributed by atoms with Gasteiger partial charge < -0.3 is 15.0 Å². The quantitative estimate of drug-likeness (QED) is 0.370. The molecule has 1 aliphatic heterocycles. The number of nitrogens with zero attached hydrogens (tertiary/aromatic N) is 5. The summed E-state index contributed by atoms with van der Waals surface area (Å²) in [6, 6.07) is 11.4. The Kier molecular flexibility index (Phi) is 8.27. The smallest absolute Gasteiger partial charge is 0.319 e. The molecule has 1 saturated heterocycles. The molecule has 1 amide bonds. The van der Waals surface area contributed by atoms with E-state index in [-0.39, 0.29) is 30.4 Å². The fraction of sp³-hybridized carbons (Fsp3) is 0.360. The molecule has 10 heteroatoms. The van der Waals surface area contributed by atoms with E-state index in [1.54, 1.807) is 36.4 Å².